The lowest BCUT2D eigenvalue weighted by molar-refractivity contribution is 0.0974. The topological polar surface area (TPSA) is 49.3 Å². The lowest BCUT2D eigenvalue weighted by Crippen LogP contribution is -2.44. The van der Waals surface area contributed by atoms with Gasteiger partial charge in [-0.25, -0.2) is 4.98 Å². The highest BCUT2D eigenvalue weighted by atomic mass is 16.5. The number of aromatic nitrogens is 3. The number of imidazole rings is 1. The highest BCUT2D eigenvalue weighted by Gasteiger charge is 2.20. The third-order valence-corrected chi connectivity index (χ3v) is 6.13. The Labute approximate surface area is 166 Å². The van der Waals surface area contributed by atoms with Gasteiger partial charge in [-0.15, -0.1) is 0 Å². The summed E-state index contributed by atoms with van der Waals surface area (Å²) < 4.78 is 8.09. The predicted molar refractivity (Wildman–Crippen MR) is 113 cm³/mol. The fraction of sp³-hybridized carbons (Fsp3) is 0.500. The molecule has 5 rings (SSSR count). The van der Waals surface area contributed by atoms with Crippen LogP contribution in [0.25, 0.3) is 22.6 Å². The van der Waals surface area contributed by atoms with Crippen molar-refractivity contribution in [3.63, 3.8) is 0 Å². The summed E-state index contributed by atoms with van der Waals surface area (Å²) >= 11 is 0. The van der Waals surface area contributed by atoms with Crippen molar-refractivity contribution in [2.24, 2.45) is 0 Å². The van der Waals surface area contributed by atoms with E-state index in [0.717, 1.165) is 68.3 Å². The van der Waals surface area contributed by atoms with Crippen molar-refractivity contribution >= 4 is 16.7 Å². The minimum atomic E-state index is 0.320. The van der Waals surface area contributed by atoms with Gasteiger partial charge in [-0.05, 0) is 56.6 Å². The zero-order valence-corrected chi connectivity index (χ0v) is 16.8. The van der Waals surface area contributed by atoms with Gasteiger partial charge in [0.05, 0.1) is 22.8 Å². The smallest absolute Gasteiger partial charge is 0.155 e. The first-order valence-electron chi connectivity index (χ1n) is 10.4. The van der Waals surface area contributed by atoms with Gasteiger partial charge in [-0.1, -0.05) is 0 Å². The maximum atomic E-state index is 5.83. The van der Waals surface area contributed by atoms with Crippen molar-refractivity contribution < 1.29 is 4.74 Å². The fourth-order valence-electron chi connectivity index (χ4n) is 4.44. The molecule has 1 N–H and O–H groups in total. The van der Waals surface area contributed by atoms with E-state index in [1.54, 1.807) is 0 Å². The zero-order valence-electron chi connectivity index (χ0n) is 16.8. The van der Waals surface area contributed by atoms with Crippen molar-refractivity contribution in [1.29, 1.82) is 0 Å². The Balaban J connectivity index is 1.45. The Morgan fingerprint density at radius 3 is 2.86 bits per heavy atom. The van der Waals surface area contributed by atoms with Gasteiger partial charge < -0.3 is 24.1 Å². The molecule has 0 radical (unpaired) electrons. The van der Waals surface area contributed by atoms with Crippen LogP contribution < -0.4 is 4.90 Å². The molecule has 0 saturated carbocycles. The van der Waals surface area contributed by atoms with Gasteiger partial charge in [-0.3, -0.25) is 0 Å². The summed E-state index contributed by atoms with van der Waals surface area (Å²) in [4.78, 5) is 13.4. The molecule has 1 unspecified atom stereocenters. The van der Waals surface area contributed by atoms with Crippen LogP contribution in [0.2, 0.25) is 0 Å². The fourth-order valence-corrected chi connectivity index (χ4v) is 4.44. The molecule has 148 valence electrons. The van der Waals surface area contributed by atoms with E-state index in [9.17, 15) is 0 Å². The number of hydrogen-bond donors (Lipinski definition) is 1. The first-order valence-corrected chi connectivity index (χ1v) is 10.4. The lowest BCUT2D eigenvalue weighted by atomic mass is 10.1. The summed E-state index contributed by atoms with van der Waals surface area (Å²) in [5, 5.41) is 0. The number of benzene rings is 1. The van der Waals surface area contributed by atoms with E-state index in [4.69, 9.17) is 9.72 Å². The van der Waals surface area contributed by atoms with Crippen molar-refractivity contribution in [2.75, 3.05) is 44.7 Å². The molecule has 1 aromatic carbocycles. The van der Waals surface area contributed by atoms with E-state index in [1.165, 1.54) is 17.7 Å². The number of hydrogen-bond acceptors (Lipinski definition) is 4. The summed E-state index contributed by atoms with van der Waals surface area (Å²) in [6.45, 7) is 8.33. The Morgan fingerprint density at radius 2 is 2.07 bits per heavy atom. The summed E-state index contributed by atoms with van der Waals surface area (Å²) in [6.07, 6.45) is 4.76. The van der Waals surface area contributed by atoms with Crippen LogP contribution in [0.1, 0.15) is 18.4 Å². The number of aryl methyl sites for hydroxylation is 1. The van der Waals surface area contributed by atoms with Crippen molar-refractivity contribution in [1.82, 2.24) is 19.4 Å². The van der Waals surface area contributed by atoms with Gasteiger partial charge >= 0.3 is 0 Å². The number of nitrogens with zero attached hydrogens (tertiary/aromatic N) is 4. The summed E-state index contributed by atoms with van der Waals surface area (Å²) in [5.74, 6) is 0.941. The van der Waals surface area contributed by atoms with Gasteiger partial charge in [-0.2, -0.15) is 0 Å². The molecule has 2 saturated heterocycles. The van der Waals surface area contributed by atoms with Crippen LogP contribution in [-0.2, 0) is 11.3 Å². The molecule has 1 atom stereocenters. The Kier molecular flexibility index (Phi) is 4.61. The van der Waals surface area contributed by atoms with Gasteiger partial charge in [0.15, 0.2) is 5.82 Å². The molecule has 28 heavy (non-hydrogen) atoms. The van der Waals surface area contributed by atoms with Crippen LogP contribution >= 0.6 is 0 Å². The normalized spacial score (nSPS) is 21.1. The van der Waals surface area contributed by atoms with Crippen LogP contribution in [0.4, 0.5) is 5.69 Å². The molecule has 2 fully saturated rings. The average Bonchev–Trinajstić information content (AvgIpc) is 3.43. The first-order chi connectivity index (χ1) is 13.7. The number of anilines is 1. The molecule has 3 aromatic rings. The molecule has 4 heterocycles. The zero-order chi connectivity index (χ0) is 19.1. The number of aromatic amines is 1. The summed E-state index contributed by atoms with van der Waals surface area (Å²) in [5.41, 5.74) is 5.84. The second-order valence-corrected chi connectivity index (χ2v) is 8.22. The quantitative estimate of drug-likeness (QED) is 0.756. The largest absolute Gasteiger partial charge is 0.376 e. The van der Waals surface area contributed by atoms with E-state index in [1.807, 2.05) is 0 Å². The molecular weight excluding hydrogens is 350 g/mol. The highest BCUT2D eigenvalue weighted by molar-refractivity contribution is 5.85. The number of likely N-dealkylation sites (N-methyl/N-ethyl adjacent to an activating group) is 1. The number of rotatable bonds is 4. The first kappa shape index (κ1) is 17.8. The SMILES string of the molecule is Cc1cc(N2CCN(C)CC2)cc2[nH]c(-c3cccn3CC3CCCO3)nc12. The van der Waals surface area contributed by atoms with Crippen LogP contribution in [-0.4, -0.2) is 65.4 Å². The maximum absolute atomic E-state index is 5.83. The molecule has 6 heteroatoms. The number of fused-ring (bicyclic) bond motifs is 1. The third kappa shape index (κ3) is 3.31. The summed E-state index contributed by atoms with van der Waals surface area (Å²) in [6, 6.07) is 8.78. The minimum absolute atomic E-state index is 0.320. The van der Waals surface area contributed by atoms with E-state index >= 15 is 0 Å². The summed E-state index contributed by atoms with van der Waals surface area (Å²) in [7, 11) is 2.19. The van der Waals surface area contributed by atoms with Crippen molar-refractivity contribution in [3.8, 4) is 11.5 Å². The molecule has 0 bridgehead atoms. The van der Waals surface area contributed by atoms with E-state index < -0.39 is 0 Å². The monoisotopic (exact) mass is 379 g/mol. The van der Waals surface area contributed by atoms with Gasteiger partial charge in [0.25, 0.3) is 0 Å². The minimum Gasteiger partial charge on any atom is -0.376 e. The molecule has 2 aliphatic rings. The van der Waals surface area contributed by atoms with Crippen LogP contribution in [0.15, 0.2) is 30.5 Å². The molecule has 0 aliphatic carbocycles. The molecular formula is C22H29N5O. The van der Waals surface area contributed by atoms with Crippen LogP contribution in [0.3, 0.4) is 0 Å². The van der Waals surface area contributed by atoms with Crippen molar-refractivity contribution in [2.45, 2.75) is 32.4 Å². The Bertz CT molecular complexity index is 961. The van der Waals surface area contributed by atoms with Gasteiger partial charge in [0, 0.05) is 51.2 Å². The lowest BCUT2D eigenvalue weighted by Gasteiger charge is -2.34. The van der Waals surface area contributed by atoms with E-state index in [-0.39, 0.29) is 0 Å². The van der Waals surface area contributed by atoms with Gasteiger partial charge in [0.2, 0.25) is 0 Å². The second kappa shape index (κ2) is 7.26. The van der Waals surface area contributed by atoms with Crippen LogP contribution in [0.5, 0.6) is 0 Å². The highest BCUT2D eigenvalue weighted by Crippen LogP contribution is 2.29. The second-order valence-electron chi connectivity index (χ2n) is 8.22. The van der Waals surface area contributed by atoms with Gasteiger partial charge in [0.1, 0.15) is 0 Å². The molecule has 2 aromatic heterocycles. The molecule has 0 spiro atoms. The molecule has 6 nitrogen and oxygen atoms in total. The van der Waals surface area contributed by atoms with E-state index in [0.29, 0.717) is 6.10 Å². The third-order valence-electron chi connectivity index (χ3n) is 6.13. The Hall–Kier alpha value is -2.31. The number of H-pyrrole nitrogens is 1. The van der Waals surface area contributed by atoms with Crippen LogP contribution in [0, 0.1) is 6.92 Å². The standard InChI is InChI=1S/C22H29N5O/c1-16-13-17(26-10-8-25(2)9-11-26)14-19-21(16)24-22(23-19)20-6-3-7-27(20)15-18-5-4-12-28-18/h3,6-7,13-14,18H,4-5,8-12,15H2,1-2H3,(H,23,24). The average molecular weight is 380 g/mol. The van der Waals surface area contributed by atoms with E-state index in [2.05, 4.69) is 63.8 Å². The molecule has 2 aliphatic heterocycles. The van der Waals surface area contributed by atoms with Crippen molar-refractivity contribution in [3.05, 3.63) is 36.0 Å². The number of nitrogens with one attached hydrogen (secondary N) is 1. The predicted octanol–water partition coefficient (Wildman–Crippen LogP) is 3.27. The number of piperazine rings is 1. The maximum Gasteiger partial charge on any atom is 0.155 e. The Morgan fingerprint density at radius 1 is 1.21 bits per heavy atom. The molecule has 0 amide bonds. The number of ether oxygens (including phenoxy) is 1.